The van der Waals surface area contributed by atoms with E-state index < -0.39 is 0 Å². The number of benzene rings is 1. The van der Waals surface area contributed by atoms with Crippen LogP contribution in [0.2, 0.25) is 0 Å². The molecule has 1 heterocycles. The van der Waals surface area contributed by atoms with Crippen molar-refractivity contribution in [2.24, 2.45) is 5.41 Å². The van der Waals surface area contributed by atoms with E-state index in [0.29, 0.717) is 5.41 Å². The van der Waals surface area contributed by atoms with Crippen LogP contribution >= 0.6 is 0 Å². The molecule has 1 aromatic carbocycles. The number of nitrogens with one attached hydrogen (secondary N) is 1. The van der Waals surface area contributed by atoms with Crippen molar-refractivity contribution in [3.8, 4) is 0 Å². The number of hydrogen-bond acceptors (Lipinski definition) is 2. The molecule has 0 atom stereocenters. The van der Waals surface area contributed by atoms with Gasteiger partial charge in [-0.15, -0.1) is 0 Å². The van der Waals surface area contributed by atoms with Crippen LogP contribution in [0.1, 0.15) is 19.8 Å². The average Bonchev–Trinajstić information content (AvgIpc) is 2.30. The molecule has 0 spiro atoms. The van der Waals surface area contributed by atoms with E-state index in [1.165, 1.54) is 31.6 Å². The van der Waals surface area contributed by atoms with Crippen molar-refractivity contribution in [1.82, 2.24) is 5.32 Å². The molecule has 0 amide bonds. The van der Waals surface area contributed by atoms with Crippen LogP contribution < -0.4 is 10.2 Å². The molecule has 1 saturated heterocycles. The van der Waals surface area contributed by atoms with Crippen molar-refractivity contribution in [3.63, 3.8) is 0 Å². The summed E-state index contributed by atoms with van der Waals surface area (Å²) in [4.78, 5) is 2.38. The minimum Gasteiger partial charge on any atom is -0.374 e. The Hall–Kier alpha value is -1.02. The van der Waals surface area contributed by atoms with Crippen LogP contribution in [0.25, 0.3) is 0 Å². The third kappa shape index (κ3) is 2.76. The molecule has 1 aliphatic rings. The molecular weight excluding hydrogens is 196 g/mol. The number of anilines is 1. The highest BCUT2D eigenvalue weighted by Gasteiger charge is 2.27. The molecule has 1 N–H and O–H groups in total. The Morgan fingerprint density at radius 1 is 1.19 bits per heavy atom. The molecule has 0 aliphatic carbocycles. The van der Waals surface area contributed by atoms with Crippen LogP contribution in [-0.4, -0.2) is 26.7 Å². The predicted molar refractivity (Wildman–Crippen MR) is 69.9 cm³/mol. The molecule has 0 bridgehead atoms. The van der Waals surface area contributed by atoms with E-state index in [2.05, 4.69) is 54.5 Å². The smallest absolute Gasteiger partial charge is 0.0363 e. The fourth-order valence-electron chi connectivity index (χ4n) is 2.53. The standard InChI is InChI=1S/C14H22N2/c1-14(8-10-15-11-9-14)12-16(2)13-6-4-3-5-7-13/h3-7,15H,8-12H2,1-2H3. The molecule has 1 aromatic rings. The first-order valence-corrected chi connectivity index (χ1v) is 6.17. The van der Waals surface area contributed by atoms with E-state index in [9.17, 15) is 0 Å². The van der Waals surface area contributed by atoms with Gasteiger partial charge < -0.3 is 10.2 Å². The molecule has 2 rings (SSSR count). The van der Waals surface area contributed by atoms with E-state index in [0.717, 1.165) is 6.54 Å². The van der Waals surface area contributed by atoms with Crippen molar-refractivity contribution in [3.05, 3.63) is 30.3 Å². The van der Waals surface area contributed by atoms with Crippen LogP contribution in [0.5, 0.6) is 0 Å². The van der Waals surface area contributed by atoms with Crippen molar-refractivity contribution in [2.75, 3.05) is 31.6 Å². The second-order valence-electron chi connectivity index (χ2n) is 5.25. The van der Waals surface area contributed by atoms with Gasteiger partial charge in [0.05, 0.1) is 0 Å². The van der Waals surface area contributed by atoms with Crippen molar-refractivity contribution >= 4 is 5.69 Å². The maximum Gasteiger partial charge on any atom is 0.0363 e. The number of para-hydroxylation sites is 1. The predicted octanol–water partition coefficient (Wildman–Crippen LogP) is 2.51. The van der Waals surface area contributed by atoms with Crippen molar-refractivity contribution in [2.45, 2.75) is 19.8 Å². The first kappa shape index (κ1) is 11.5. The van der Waals surface area contributed by atoms with Crippen LogP contribution in [0.4, 0.5) is 5.69 Å². The molecule has 1 aliphatic heterocycles. The lowest BCUT2D eigenvalue weighted by Crippen LogP contribution is -2.42. The number of piperidine rings is 1. The van der Waals surface area contributed by atoms with Gasteiger partial charge in [0.2, 0.25) is 0 Å². The van der Waals surface area contributed by atoms with Crippen LogP contribution in [-0.2, 0) is 0 Å². The zero-order chi connectivity index (χ0) is 11.4. The topological polar surface area (TPSA) is 15.3 Å². The Kier molecular flexibility index (Phi) is 3.49. The lowest BCUT2D eigenvalue weighted by atomic mass is 9.80. The molecular formula is C14H22N2. The third-order valence-electron chi connectivity index (χ3n) is 3.63. The first-order chi connectivity index (χ1) is 7.70. The monoisotopic (exact) mass is 218 g/mol. The van der Waals surface area contributed by atoms with Gasteiger partial charge in [0.15, 0.2) is 0 Å². The summed E-state index contributed by atoms with van der Waals surface area (Å²) in [6, 6.07) is 10.7. The fourth-order valence-corrected chi connectivity index (χ4v) is 2.53. The molecule has 2 heteroatoms. The quantitative estimate of drug-likeness (QED) is 0.838. The van der Waals surface area contributed by atoms with Crippen molar-refractivity contribution < 1.29 is 0 Å². The molecule has 0 saturated carbocycles. The summed E-state index contributed by atoms with van der Waals surface area (Å²) < 4.78 is 0. The molecule has 16 heavy (non-hydrogen) atoms. The maximum absolute atomic E-state index is 3.43. The van der Waals surface area contributed by atoms with Gasteiger partial charge in [0.1, 0.15) is 0 Å². The summed E-state index contributed by atoms with van der Waals surface area (Å²) in [6.07, 6.45) is 2.56. The zero-order valence-electron chi connectivity index (χ0n) is 10.4. The summed E-state index contributed by atoms with van der Waals surface area (Å²) in [6.45, 7) is 5.89. The summed E-state index contributed by atoms with van der Waals surface area (Å²) in [7, 11) is 2.20. The molecule has 0 radical (unpaired) electrons. The summed E-state index contributed by atoms with van der Waals surface area (Å²) >= 11 is 0. The summed E-state index contributed by atoms with van der Waals surface area (Å²) in [5, 5.41) is 3.43. The van der Waals surface area contributed by atoms with Gasteiger partial charge in [-0.3, -0.25) is 0 Å². The highest BCUT2D eigenvalue weighted by molar-refractivity contribution is 5.45. The van der Waals surface area contributed by atoms with Gasteiger partial charge >= 0.3 is 0 Å². The van der Waals surface area contributed by atoms with Crippen LogP contribution in [0.3, 0.4) is 0 Å². The number of nitrogens with zero attached hydrogens (tertiary/aromatic N) is 1. The molecule has 1 fully saturated rings. The Morgan fingerprint density at radius 3 is 2.44 bits per heavy atom. The third-order valence-corrected chi connectivity index (χ3v) is 3.63. The Labute approximate surface area is 98.7 Å². The SMILES string of the molecule is CN(CC1(C)CCNCC1)c1ccccc1. The van der Waals surface area contributed by atoms with Gasteiger partial charge in [0.25, 0.3) is 0 Å². The molecule has 0 unspecified atom stereocenters. The number of rotatable bonds is 3. The zero-order valence-corrected chi connectivity index (χ0v) is 10.4. The van der Waals surface area contributed by atoms with E-state index in [1.807, 2.05) is 0 Å². The highest BCUT2D eigenvalue weighted by atomic mass is 15.1. The lowest BCUT2D eigenvalue weighted by Gasteiger charge is -2.38. The lowest BCUT2D eigenvalue weighted by molar-refractivity contribution is 0.237. The molecule has 0 aromatic heterocycles. The van der Waals surface area contributed by atoms with Crippen LogP contribution in [0.15, 0.2) is 30.3 Å². The Balaban J connectivity index is 1.98. The normalized spacial score (nSPS) is 19.4. The second kappa shape index (κ2) is 4.88. The summed E-state index contributed by atoms with van der Waals surface area (Å²) in [5.41, 5.74) is 1.79. The average molecular weight is 218 g/mol. The minimum atomic E-state index is 0.468. The fraction of sp³-hybridized carbons (Fsp3) is 0.571. The summed E-state index contributed by atoms with van der Waals surface area (Å²) in [5.74, 6) is 0. The van der Waals surface area contributed by atoms with E-state index >= 15 is 0 Å². The van der Waals surface area contributed by atoms with E-state index in [4.69, 9.17) is 0 Å². The Bertz CT molecular complexity index is 315. The second-order valence-corrected chi connectivity index (χ2v) is 5.25. The van der Waals surface area contributed by atoms with Gasteiger partial charge in [-0.05, 0) is 43.5 Å². The van der Waals surface area contributed by atoms with E-state index in [-0.39, 0.29) is 0 Å². The van der Waals surface area contributed by atoms with Crippen molar-refractivity contribution in [1.29, 1.82) is 0 Å². The minimum absolute atomic E-state index is 0.468. The van der Waals surface area contributed by atoms with Gasteiger partial charge in [-0.2, -0.15) is 0 Å². The van der Waals surface area contributed by atoms with Gasteiger partial charge in [-0.1, -0.05) is 25.1 Å². The first-order valence-electron chi connectivity index (χ1n) is 6.17. The van der Waals surface area contributed by atoms with Gasteiger partial charge in [0, 0.05) is 19.3 Å². The van der Waals surface area contributed by atoms with Gasteiger partial charge in [-0.25, -0.2) is 0 Å². The maximum atomic E-state index is 3.43. The Morgan fingerprint density at radius 2 is 1.81 bits per heavy atom. The highest BCUT2D eigenvalue weighted by Crippen LogP contribution is 2.30. The van der Waals surface area contributed by atoms with Crippen LogP contribution in [0, 0.1) is 5.41 Å². The largest absolute Gasteiger partial charge is 0.374 e. The molecule has 88 valence electrons. The molecule has 2 nitrogen and oxygen atoms in total. The van der Waals surface area contributed by atoms with E-state index in [1.54, 1.807) is 0 Å². The number of hydrogen-bond donors (Lipinski definition) is 1.